The first-order valence-corrected chi connectivity index (χ1v) is 11.8. The molecule has 37 heavy (non-hydrogen) atoms. The summed E-state index contributed by atoms with van der Waals surface area (Å²) in [6.45, 7) is 4.24. The highest BCUT2D eigenvalue weighted by Gasteiger charge is 2.25. The van der Waals surface area contributed by atoms with Crippen LogP contribution in [0.25, 0.3) is 0 Å². The zero-order valence-corrected chi connectivity index (χ0v) is 20.9. The highest BCUT2D eigenvalue weighted by Crippen LogP contribution is 2.32. The Balaban J connectivity index is 1.28. The minimum atomic E-state index is -0.774. The molecule has 1 heterocycles. The van der Waals surface area contributed by atoms with Gasteiger partial charge in [0, 0.05) is 5.56 Å². The zero-order chi connectivity index (χ0) is 26.2. The Morgan fingerprint density at radius 2 is 1.68 bits per heavy atom. The van der Waals surface area contributed by atoms with Crippen LogP contribution in [-0.4, -0.2) is 38.0 Å². The van der Waals surface area contributed by atoms with Crippen LogP contribution in [0.2, 0.25) is 0 Å². The molecule has 0 bridgehead atoms. The minimum absolute atomic E-state index is 0.120. The van der Waals surface area contributed by atoms with Crippen molar-refractivity contribution < 1.29 is 28.5 Å². The van der Waals surface area contributed by atoms with Crippen molar-refractivity contribution >= 4 is 18.0 Å². The summed E-state index contributed by atoms with van der Waals surface area (Å²) in [6, 6.07) is 19.1. The van der Waals surface area contributed by atoms with E-state index in [1.807, 2.05) is 62.4 Å². The summed E-state index contributed by atoms with van der Waals surface area (Å²) < 4.78 is 21.6. The van der Waals surface area contributed by atoms with E-state index in [1.54, 1.807) is 25.3 Å². The third-order valence-electron chi connectivity index (χ3n) is 5.70. The molecule has 1 aliphatic rings. The van der Waals surface area contributed by atoms with Crippen LogP contribution in [0, 0.1) is 5.92 Å². The molecular weight excluding hydrogens is 474 g/mol. The van der Waals surface area contributed by atoms with E-state index in [0.717, 1.165) is 16.9 Å². The van der Waals surface area contributed by atoms with Crippen LogP contribution < -0.4 is 29.7 Å². The molecule has 0 radical (unpaired) electrons. The lowest BCUT2D eigenvalue weighted by molar-refractivity contribution is -0.123. The average molecular weight is 504 g/mol. The lowest BCUT2D eigenvalue weighted by Crippen LogP contribution is -2.48. The monoisotopic (exact) mass is 503 g/mol. The fraction of sp³-hybridized carbons (Fsp3) is 0.250. The van der Waals surface area contributed by atoms with Crippen molar-refractivity contribution in [1.29, 1.82) is 0 Å². The lowest BCUT2D eigenvalue weighted by atomic mass is 10.0. The second-order valence-electron chi connectivity index (χ2n) is 8.70. The van der Waals surface area contributed by atoms with E-state index in [0.29, 0.717) is 29.4 Å². The molecule has 3 aromatic carbocycles. The van der Waals surface area contributed by atoms with E-state index < -0.39 is 11.9 Å². The highest BCUT2D eigenvalue weighted by molar-refractivity contribution is 5.98. The number of hydrogen-bond donors (Lipinski definition) is 2. The summed E-state index contributed by atoms with van der Waals surface area (Å²) >= 11 is 0. The van der Waals surface area contributed by atoms with Crippen molar-refractivity contribution in [3.8, 4) is 23.0 Å². The largest absolute Gasteiger partial charge is 0.497 e. The van der Waals surface area contributed by atoms with Crippen LogP contribution in [-0.2, 0) is 11.4 Å². The Labute approximate surface area is 215 Å². The van der Waals surface area contributed by atoms with Gasteiger partial charge < -0.3 is 24.3 Å². The second-order valence-corrected chi connectivity index (χ2v) is 8.70. The first-order chi connectivity index (χ1) is 17.9. The number of hydrazone groups is 1. The molecule has 0 aromatic heterocycles. The van der Waals surface area contributed by atoms with Crippen molar-refractivity contribution in [2.75, 3.05) is 13.9 Å². The number of ether oxygens (including phenoxy) is 4. The van der Waals surface area contributed by atoms with Gasteiger partial charge in [-0.3, -0.25) is 9.59 Å². The predicted molar refractivity (Wildman–Crippen MR) is 138 cm³/mol. The number of methoxy groups -OCH3 is 1. The number of carbonyl (C=O) groups is 2. The minimum Gasteiger partial charge on any atom is -0.497 e. The summed E-state index contributed by atoms with van der Waals surface area (Å²) in [5.74, 6) is 1.63. The van der Waals surface area contributed by atoms with E-state index in [1.165, 1.54) is 6.21 Å². The number of nitrogens with zero attached hydrogens (tertiary/aromatic N) is 1. The van der Waals surface area contributed by atoms with E-state index in [9.17, 15) is 9.59 Å². The molecule has 9 nitrogen and oxygen atoms in total. The molecule has 1 unspecified atom stereocenters. The van der Waals surface area contributed by atoms with Crippen LogP contribution in [0.5, 0.6) is 23.0 Å². The normalized spacial score (nSPS) is 12.9. The maximum absolute atomic E-state index is 12.7. The molecule has 0 aliphatic carbocycles. The lowest BCUT2D eigenvalue weighted by Gasteiger charge is -2.20. The molecule has 0 fully saturated rings. The third-order valence-corrected chi connectivity index (χ3v) is 5.70. The van der Waals surface area contributed by atoms with Gasteiger partial charge in [0.2, 0.25) is 6.79 Å². The summed E-state index contributed by atoms with van der Waals surface area (Å²) in [4.78, 5) is 25.5. The van der Waals surface area contributed by atoms with Gasteiger partial charge in [-0.2, -0.15) is 5.10 Å². The summed E-state index contributed by atoms with van der Waals surface area (Å²) in [7, 11) is 1.63. The standard InChI is InChI=1S/C28H29N3O6/c1-18(2)26(30-27(32)21-8-13-24-25(14-21)37-17-36-24)28(33)31-29-15-19-4-11-23(12-5-19)35-16-20-6-9-22(34-3)10-7-20/h4-15,18,26H,16-17H2,1-3H3,(H,30,32)(H,31,33)/b29-15+. The Kier molecular flexibility index (Phi) is 8.25. The van der Waals surface area contributed by atoms with Crippen LogP contribution in [0.1, 0.15) is 35.3 Å². The number of amides is 2. The van der Waals surface area contributed by atoms with Crippen molar-refractivity contribution in [2.45, 2.75) is 26.5 Å². The molecule has 2 N–H and O–H groups in total. The number of hydrogen-bond acceptors (Lipinski definition) is 7. The smallest absolute Gasteiger partial charge is 0.262 e. The Bertz CT molecular complexity index is 1260. The molecule has 3 aromatic rings. The van der Waals surface area contributed by atoms with Gasteiger partial charge in [-0.25, -0.2) is 5.43 Å². The molecule has 1 aliphatic heterocycles. The molecule has 0 spiro atoms. The van der Waals surface area contributed by atoms with Crippen molar-refractivity contribution in [1.82, 2.24) is 10.7 Å². The van der Waals surface area contributed by atoms with E-state index in [4.69, 9.17) is 18.9 Å². The number of benzene rings is 3. The number of fused-ring (bicyclic) bond motifs is 1. The van der Waals surface area contributed by atoms with Gasteiger partial charge >= 0.3 is 0 Å². The number of carbonyl (C=O) groups excluding carboxylic acids is 2. The van der Waals surface area contributed by atoms with Gasteiger partial charge in [0.15, 0.2) is 11.5 Å². The van der Waals surface area contributed by atoms with Crippen LogP contribution in [0.15, 0.2) is 71.8 Å². The molecule has 0 saturated heterocycles. The van der Waals surface area contributed by atoms with Gasteiger partial charge in [-0.1, -0.05) is 26.0 Å². The zero-order valence-electron chi connectivity index (χ0n) is 20.9. The summed E-state index contributed by atoms with van der Waals surface area (Å²) in [6.07, 6.45) is 1.53. The fourth-order valence-electron chi connectivity index (χ4n) is 3.58. The first-order valence-electron chi connectivity index (χ1n) is 11.8. The van der Waals surface area contributed by atoms with Gasteiger partial charge in [-0.05, 0) is 71.6 Å². The Hall–Kier alpha value is -4.53. The van der Waals surface area contributed by atoms with Crippen LogP contribution in [0.3, 0.4) is 0 Å². The summed E-state index contributed by atoms with van der Waals surface area (Å²) in [5, 5.41) is 6.82. The van der Waals surface area contributed by atoms with Crippen LogP contribution in [0.4, 0.5) is 0 Å². The maximum Gasteiger partial charge on any atom is 0.262 e. The second kappa shape index (κ2) is 11.9. The van der Waals surface area contributed by atoms with E-state index in [2.05, 4.69) is 15.8 Å². The van der Waals surface area contributed by atoms with Crippen LogP contribution >= 0.6 is 0 Å². The fourth-order valence-corrected chi connectivity index (χ4v) is 3.58. The molecule has 0 saturated carbocycles. The van der Waals surface area contributed by atoms with E-state index >= 15 is 0 Å². The highest BCUT2D eigenvalue weighted by atomic mass is 16.7. The number of rotatable bonds is 10. The Morgan fingerprint density at radius 1 is 0.973 bits per heavy atom. The average Bonchev–Trinajstić information content (AvgIpc) is 3.39. The third kappa shape index (κ3) is 6.78. The molecule has 2 amide bonds. The molecule has 9 heteroatoms. The van der Waals surface area contributed by atoms with Gasteiger partial charge in [0.25, 0.3) is 11.8 Å². The first kappa shape index (κ1) is 25.6. The van der Waals surface area contributed by atoms with Gasteiger partial charge in [-0.15, -0.1) is 0 Å². The molecule has 4 rings (SSSR count). The van der Waals surface area contributed by atoms with Crippen molar-refractivity contribution in [2.24, 2.45) is 11.0 Å². The SMILES string of the molecule is COc1ccc(COc2ccc(/C=N/NC(=O)C(NC(=O)c3ccc4c(c3)OCO4)C(C)C)cc2)cc1. The number of nitrogens with one attached hydrogen (secondary N) is 2. The van der Waals surface area contributed by atoms with E-state index in [-0.39, 0.29) is 18.6 Å². The topological polar surface area (TPSA) is 107 Å². The van der Waals surface area contributed by atoms with Crippen molar-refractivity contribution in [3.63, 3.8) is 0 Å². The van der Waals surface area contributed by atoms with Gasteiger partial charge in [0.1, 0.15) is 24.1 Å². The molecule has 192 valence electrons. The summed E-state index contributed by atoms with van der Waals surface area (Å²) in [5.41, 5.74) is 4.69. The Morgan fingerprint density at radius 3 is 2.38 bits per heavy atom. The predicted octanol–water partition coefficient (Wildman–Crippen LogP) is 3.91. The quantitative estimate of drug-likeness (QED) is 0.321. The molecule has 1 atom stereocenters. The van der Waals surface area contributed by atoms with Gasteiger partial charge in [0.05, 0.1) is 13.3 Å². The molecular formula is C28H29N3O6. The van der Waals surface area contributed by atoms with Crippen molar-refractivity contribution in [3.05, 3.63) is 83.4 Å². The maximum atomic E-state index is 12.7.